The first kappa shape index (κ1) is 18.1. The second-order valence-electron chi connectivity index (χ2n) is 5.59. The van der Waals surface area contributed by atoms with E-state index in [0.29, 0.717) is 19.4 Å². The van der Waals surface area contributed by atoms with Crippen LogP contribution in [0.2, 0.25) is 0 Å². The van der Waals surface area contributed by atoms with Gasteiger partial charge in [0.25, 0.3) is 0 Å². The minimum absolute atomic E-state index is 0.0557. The topological polar surface area (TPSA) is 58.6 Å². The van der Waals surface area contributed by atoms with Gasteiger partial charge in [-0.1, -0.05) is 12.1 Å². The van der Waals surface area contributed by atoms with Gasteiger partial charge in [-0.3, -0.25) is 14.9 Å². The van der Waals surface area contributed by atoms with Gasteiger partial charge in [0.05, 0.1) is 13.2 Å². The largest absolute Gasteiger partial charge is 0.468 e. The Hall–Kier alpha value is -2.28. The molecule has 1 aliphatic rings. The molecule has 2 atom stereocenters. The maximum atomic E-state index is 13.8. The Morgan fingerprint density at radius 1 is 1.54 bits per heavy atom. The number of methoxy groups -OCH3 is 1. The Balaban J connectivity index is 2.06. The number of halogens is 2. The van der Waals surface area contributed by atoms with E-state index in [4.69, 9.17) is 0 Å². The van der Waals surface area contributed by atoms with E-state index < -0.39 is 29.7 Å². The van der Waals surface area contributed by atoms with Crippen LogP contribution in [-0.4, -0.2) is 42.5 Å². The minimum Gasteiger partial charge on any atom is -0.468 e. The van der Waals surface area contributed by atoms with Gasteiger partial charge in [0.15, 0.2) is 0 Å². The van der Waals surface area contributed by atoms with Gasteiger partial charge in [0.1, 0.15) is 17.7 Å². The van der Waals surface area contributed by atoms with Crippen LogP contribution in [0.1, 0.15) is 18.4 Å². The Morgan fingerprint density at radius 2 is 2.29 bits per heavy atom. The molecule has 2 unspecified atom stereocenters. The summed E-state index contributed by atoms with van der Waals surface area (Å²) in [6.45, 7) is 4.09. The molecule has 1 N–H and O–H groups in total. The van der Waals surface area contributed by atoms with Crippen molar-refractivity contribution < 1.29 is 23.1 Å². The van der Waals surface area contributed by atoms with Gasteiger partial charge in [0.2, 0.25) is 5.91 Å². The average Bonchev–Trinajstić information content (AvgIpc) is 2.57. The van der Waals surface area contributed by atoms with Crippen LogP contribution in [0.15, 0.2) is 30.9 Å². The average molecular weight is 338 g/mol. The first-order valence-corrected chi connectivity index (χ1v) is 7.65. The molecule has 1 saturated heterocycles. The Morgan fingerprint density at radius 3 is 2.92 bits per heavy atom. The molecule has 1 heterocycles. The van der Waals surface area contributed by atoms with Crippen molar-refractivity contribution in [3.05, 3.63) is 48.1 Å². The zero-order valence-corrected chi connectivity index (χ0v) is 13.4. The van der Waals surface area contributed by atoms with E-state index in [1.165, 1.54) is 24.2 Å². The number of rotatable bonds is 6. The molecule has 0 bridgehead atoms. The SMILES string of the molecule is C=CC(NC1CCCN(Cc2ccc(F)cc2F)C1=O)C(=O)OC. The van der Waals surface area contributed by atoms with Gasteiger partial charge >= 0.3 is 5.97 Å². The molecule has 1 aromatic carbocycles. The maximum Gasteiger partial charge on any atom is 0.326 e. The summed E-state index contributed by atoms with van der Waals surface area (Å²) in [6, 6.07) is 1.92. The number of benzene rings is 1. The normalized spacial score (nSPS) is 19.0. The van der Waals surface area contributed by atoms with Crippen molar-refractivity contribution in [1.82, 2.24) is 10.2 Å². The van der Waals surface area contributed by atoms with Crippen LogP contribution >= 0.6 is 0 Å². The quantitative estimate of drug-likeness (QED) is 0.634. The number of piperidine rings is 1. The van der Waals surface area contributed by atoms with Crippen molar-refractivity contribution in [2.24, 2.45) is 0 Å². The highest BCUT2D eigenvalue weighted by atomic mass is 19.1. The monoisotopic (exact) mass is 338 g/mol. The number of amides is 1. The number of nitrogens with zero attached hydrogens (tertiary/aromatic N) is 1. The number of hydrogen-bond acceptors (Lipinski definition) is 4. The molecule has 1 amide bonds. The van der Waals surface area contributed by atoms with Crippen LogP contribution < -0.4 is 5.32 Å². The van der Waals surface area contributed by atoms with Crippen molar-refractivity contribution in [2.45, 2.75) is 31.5 Å². The molecule has 130 valence electrons. The lowest BCUT2D eigenvalue weighted by atomic mass is 10.0. The van der Waals surface area contributed by atoms with Crippen LogP contribution in [0.25, 0.3) is 0 Å². The lowest BCUT2D eigenvalue weighted by Gasteiger charge is -2.34. The number of carbonyl (C=O) groups is 2. The molecule has 1 aliphatic heterocycles. The molecule has 2 rings (SSSR count). The van der Waals surface area contributed by atoms with Gasteiger partial charge in [-0.05, 0) is 18.9 Å². The van der Waals surface area contributed by atoms with Gasteiger partial charge < -0.3 is 9.64 Å². The summed E-state index contributed by atoms with van der Waals surface area (Å²) >= 11 is 0. The molecule has 0 spiro atoms. The number of carbonyl (C=O) groups excluding carboxylic acids is 2. The molecule has 1 aromatic rings. The van der Waals surface area contributed by atoms with Crippen LogP contribution in [-0.2, 0) is 20.9 Å². The van der Waals surface area contributed by atoms with Gasteiger partial charge in [0, 0.05) is 24.7 Å². The Bertz CT molecular complexity index is 636. The fraction of sp³-hybridized carbons (Fsp3) is 0.412. The molecule has 5 nitrogen and oxygen atoms in total. The highest BCUT2D eigenvalue weighted by Crippen LogP contribution is 2.18. The van der Waals surface area contributed by atoms with Crippen molar-refractivity contribution in [3.63, 3.8) is 0 Å². The summed E-state index contributed by atoms with van der Waals surface area (Å²) in [5, 5.41) is 2.91. The van der Waals surface area contributed by atoms with Gasteiger partial charge in [-0.2, -0.15) is 0 Å². The third kappa shape index (κ3) is 4.17. The lowest BCUT2D eigenvalue weighted by Crippen LogP contribution is -2.54. The van der Waals surface area contributed by atoms with Gasteiger partial charge in [-0.25, -0.2) is 8.78 Å². The third-order valence-electron chi connectivity index (χ3n) is 3.98. The van der Waals surface area contributed by atoms with E-state index in [1.807, 2.05) is 0 Å². The molecule has 0 saturated carbocycles. The fourth-order valence-electron chi connectivity index (χ4n) is 2.68. The summed E-state index contributed by atoms with van der Waals surface area (Å²) in [5.74, 6) is -2.11. The van der Waals surface area contributed by atoms with E-state index in [2.05, 4.69) is 16.6 Å². The van der Waals surface area contributed by atoms with Crippen LogP contribution in [0.3, 0.4) is 0 Å². The van der Waals surface area contributed by atoms with Crippen LogP contribution in [0.4, 0.5) is 8.78 Å². The highest BCUT2D eigenvalue weighted by molar-refractivity contribution is 5.84. The fourth-order valence-corrected chi connectivity index (χ4v) is 2.68. The summed E-state index contributed by atoms with van der Waals surface area (Å²) in [6.07, 6.45) is 2.64. The van der Waals surface area contributed by atoms with E-state index in [9.17, 15) is 18.4 Å². The molecule has 1 fully saturated rings. The standard InChI is InChI=1S/C17H20F2N2O3/c1-3-14(17(23)24-2)20-15-5-4-8-21(16(15)22)10-11-6-7-12(18)9-13(11)19/h3,6-7,9,14-15,20H,1,4-5,8,10H2,2H3. The number of esters is 1. The zero-order valence-electron chi connectivity index (χ0n) is 13.4. The van der Waals surface area contributed by atoms with Crippen molar-refractivity contribution in [3.8, 4) is 0 Å². The van der Waals surface area contributed by atoms with Crippen LogP contribution in [0.5, 0.6) is 0 Å². The molecule has 0 aromatic heterocycles. The van der Waals surface area contributed by atoms with Crippen molar-refractivity contribution in [2.75, 3.05) is 13.7 Å². The summed E-state index contributed by atoms with van der Waals surface area (Å²) in [7, 11) is 1.26. The Kier molecular flexibility index (Phi) is 6.03. The first-order chi connectivity index (χ1) is 11.5. The highest BCUT2D eigenvalue weighted by Gasteiger charge is 2.32. The first-order valence-electron chi connectivity index (χ1n) is 7.65. The predicted octanol–water partition coefficient (Wildman–Crippen LogP) is 1.77. The second-order valence-corrected chi connectivity index (χ2v) is 5.59. The summed E-state index contributed by atoms with van der Waals surface area (Å²) in [4.78, 5) is 25.7. The maximum absolute atomic E-state index is 13.8. The number of nitrogens with one attached hydrogen (secondary N) is 1. The summed E-state index contributed by atoms with van der Waals surface area (Å²) < 4.78 is 31.4. The van der Waals surface area contributed by atoms with E-state index in [-0.39, 0.29) is 18.0 Å². The van der Waals surface area contributed by atoms with Crippen molar-refractivity contribution >= 4 is 11.9 Å². The van der Waals surface area contributed by atoms with Gasteiger partial charge in [-0.15, -0.1) is 6.58 Å². The molecular weight excluding hydrogens is 318 g/mol. The number of ether oxygens (including phenoxy) is 1. The lowest BCUT2D eigenvalue weighted by molar-refractivity contribution is -0.143. The Labute approximate surface area is 139 Å². The number of likely N-dealkylation sites (tertiary alicyclic amines) is 1. The third-order valence-corrected chi connectivity index (χ3v) is 3.98. The second kappa shape index (κ2) is 8.01. The van der Waals surface area contributed by atoms with E-state index in [0.717, 1.165) is 12.1 Å². The molecule has 0 radical (unpaired) electrons. The molecule has 7 heteroatoms. The summed E-state index contributed by atoms with van der Waals surface area (Å²) in [5.41, 5.74) is 0.249. The predicted molar refractivity (Wildman–Crippen MR) is 83.9 cm³/mol. The molecular formula is C17H20F2N2O3. The minimum atomic E-state index is -0.786. The molecule has 24 heavy (non-hydrogen) atoms. The smallest absolute Gasteiger partial charge is 0.326 e. The van der Waals surface area contributed by atoms with E-state index in [1.54, 1.807) is 0 Å². The number of hydrogen-bond donors (Lipinski definition) is 1. The zero-order chi connectivity index (χ0) is 17.7. The van der Waals surface area contributed by atoms with Crippen LogP contribution in [0, 0.1) is 11.6 Å². The van der Waals surface area contributed by atoms with Crippen molar-refractivity contribution in [1.29, 1.82) is 0 Å². The molecule has 0 aliphatic carbocycles. The van der Waals surface area contributed by atoms with E-state index >= 15 is 0 Å².